The molecule has 36 heavy (non-hydrogen) atoms. The molecule has 0 spiro atoms. The van der Waals surface area contributed by atoms with E-state index in [1.807, 2.05) is 0 Å². The summed E-state index contributed by atoms with van der Waals surface area (Å²) in [7, 11) is 0. The summed E-state index contributed by atoms with van der Waals surface area (Å²) >= 11 is -1.70. The second kappa shape index (κ2) is 11.3. The fraction of sp³-hybridized carbons (Fsp3) is 0.121. The molecule has 0 aromatic heterocycles. The average molecular weight is 543 g/mol. The van der Waals surface area contributed by atoms with Gasteiger partial charge >= 0.3 is 209 Å². The summed E-state index contributed by atoms with van der Waals surface area (Å²) < 4.78 is 3.87. The molecule has 0 saturated heterocycles. The van der Waals surface area contributed by atoms with Crippen molar-refractivity contribution in [1.82, 2.24) is 0 Å². The van der Waals surface area contributed by atoms with E-state index < -0.39 is 17.4 Å². The Labute approximate surface area is 233 Å². The van der Waals surface area contributed by atoms with Gasteiger partial charge in [0.05, 0.1) is 0 Å². The average Bonchev–Trinajstić information content (AvgIpc) is 3.52. The van der Waals surface area contributed by atoms with Crippen LogP contribution in [0, 0.1) is 0 Å². The second-order valence-corrected chi connectivity index (χ2v) is 14.3. The van der Waals surface area contributed by atoms with Gasteiger partial charge in [0.15, 0.2) is 0 Å². The smallest absolute Gasteiger partial charge is 1.00 e. The molecule has 0 atom stereocenters. The third-order valence-corrected chi connectivity index (χ3v) is 12.4. The first-order valence-corrected chi connectivity index (χ1v) is 14.6. The normalized spacial score (nSPS) is 13.0. The molecule has 6 rings (SSSR count). The number of rotatable bonds is 4. The first kappa shape index (κ1) is 26.6. The van der Waals surface area contributed by atoms with E-state index >= 15 is 0 Å². The molecule has 0 saturated carbocycles. The van der Waals surface area contributed by atoms with Gasteiger partial charge < -0.3 is 24.8 Å². The van der Waals surface area contributed by atoms with Gasteiger partial charge in [-0.05, 0) is 0 Å². The van der Waals surface area contributed by atoms with Gasteiger partial charge in [-0.2, -0.15) is 0 Å². The molecule has 0 heterocycles. The van der Waals surface area contributed by atoms with Crippen LogP contribution in [0.3, 0.4) is 0 Å². The summed E-state index contributed by atoms with van der Waals surface area (Å²) in [5, 5.41) is 0. The van der Waals surface area contributed by atoms with Crippen molar-refractivity contribution in [1.29, 1.82) is 0 Å². The van der Waals surface area contributed by atoms with Crippen molar-refractivity contribution in [3.05, 3.63) is 130 Å². The quantitative estimate of drug-likeness (QED) is 0.348. The Balaban J connectivity index is 0.00000152. The number of hydrogen-bond acceptors (Lipinski definition) is 0. The molecule has 178 valence electrons. The van der Waals surface area contributed by atoms with Crippen LogP contribution in [-0.4, -0.2) is 3.81 Å². The van der Waals surface area contributed by atoms with Gasteiger partial charge in [0.1, 0.15) is 0 Å². The maximum atomic E-state index is 2.44. The minimum atomic E-state index is -1.70. The summed E-state index contributed by atoms with van der Waals surface area (Å²) in [6.07, 6.45) is 8.14. The van der Waals surface area contributed by atoms with Gasteiger partial charge in [-0.3, -0.25) is 0 Å². The predicted octanol–water partition coefficient (Wildman–Crippen LogP) is 2.77. The Morgan fingerprint density at radius 1 is 0.639 bits per heavy atom. The Morgan fingerprint density at radius 3 is 1.56 bits per heavy atom. The largest absolute Gasteiger partial charge is 1.00 e. The van der Waals surface area contributed by atoms with Crippen molar-refractivity contribution < 1.29 is 42.2 Å². The molecule has 3 heteroatoms. The van der Waals surface area contributed by atoms with Gasteiger partial charge in [0.25, 0.3) is 0 Å². The zero-order valence-electron chi connectivity index (χ0n) is 20.5. The topological polar surface area (TPSA) is 0 Å². The van der Waals surface area contributed by atoms with Crippen LogP contribution < -0.4 is 24.8 Å². The second-order valence-electron chi connectivity index (χ2n) is 9.51. The van der Waals surface area contributed by atoms with E-state index in [-0.39, 0.29) is 24.8 Å². The van der Waals surface area contributed by atoms with Crippen molar-refractivity contribution >= 4 is 3.81 Å². The molecule has 0 fully saturated rings. The number of allylic oxidation sites excluding steroid dienone is 4. The van der Waals surface area contributed by atoms with Crippen LogP contribution in [0.2, 0.25) is 0 Å². The van der Waals surface area contributed by atoms with E-state index in [1.165, 1.54) is 44.5 Å². The first-order valence-electron chi connectivity index (χ1n) is 12.1. The van der Waals surface area contributed by atoms with Crippen molar-refractivity contribution in [3.63, 3.8) is 0 Å². The van der Waals surface area contributed by atoms with Crippen molar-refractivity contribution in [2.75, 3.05) is 0 Å². The van der Waals surface area contributed by atoms with Crippen molar-refractivity contribution in [2.45, 2.75) is 24.5 Å². The summed E-state index contributed by atoms with van der Waals surface area (Å²) in [6.45, 7) is 4.76. The van der Waals surface area contributed by atoms with Crippen LogP contribution in [0.25, 0.3) is 33.4 Å². The van der Waals surface area contributed by atoms with Gasteiger partial charge in [0, 0.05) is 0 Å². The van der Waals surface area contributed by atoms with Crippen LogP contribution in [-0.2, 0) is 17.4 Å². The minimum Gasteiger partial charge on any atom is -1.00 e. The minimum absolute atomic E-state index is 0. The number of fused-ring (bicyclic) bond motifs is 3. The fourth-order valence-electron chi connectivity index (χ4n) is 5.62. The molecule has 2 aliphatic carbocycles. The van der Waals surface area contributed by atoms with E-state index in [4.69, 9.17) is 0 Å². The van der Waals surface area contributed by atoms with Crippen LogP contribution in [0.5, 0.6) is 0 Å². The molecule has 2 aliphatic rings. The first-order chi connectivity index (χ1) is 16.7. The molecule has 0 N–H and O–H groups in total. The zero-order valence-corrected chi connectivity index (χ0v) is 23.6. The number of halogens is 2. The molecular weight excluding hydrogens is 515 g/mol. The summed E-state index contributed by atoms with van der Waals surface area (Å²) in [4.78, 5) is 0. The van der Waals surface area contributed by atoms with Gasteiger partial charge in [0.2, 0.25) is 0 Å². The summed E-state index contributed by atoms with van der Waals surface area (Å²) in [5.41, 5.74) is 11.1. The third kappa shape index (κ3) is 4.76. The summed E-state index contributed by atoms with van der Waals surface area (Å²) in [6, 6.07) is 36.0. The SMILES string of the molecule is C[C](C)=[Ti+2]([C]1=CC=CC1)[CH]1c2ccc(-c3ccccc3)cc2-c2cc(-c3ccccc3)ccc21.[Cl-].[Cl-]. The van der Waals surface area contributed by atoms with Crippen LogP contribution in [0.15, 0.2) is 119 Å². The molecule has 0 bridgehead atoms. The van der Waals surface area contributed by atoms with Crippen LogP contribution in [0.1, 0.15) is 35.6 Å². The van der Waals surface area contributed by atoms with Gasteiger partial charge in [-0.1, -0.05) is 0 Å². The van der Waals surface area contributed by atoms with E-state index in [0.717, 1.165) is 6.42 Å². The third-order valence-electron chi connectivity index (χ3n) is 7.18. The Morgan fingerprint density at radius 2 is 1.14 bits per heavy atom. The molecule has 0 aliphatic heterocycles. The predicted molar refractivity (Wildman–Crippen MR) is 143 cm³/mol. The summed E-state index contributed by atoms with van der Waals surface area (Å²) in [5.74, 6) is 0. The molecular formula is C33H28Cl2Ti. The monoisotopic (exact) mass is 542 g/mol. The zero-order chi connectivity index (χ0) is 23.1. The maximum absolute atomic E-state index is 2.44. The van der Waals surface area contributed by atoms with Crippen LogP contribution >= 0.6 is 0 Å². The van der Waals surface area contributed by atoms with Crippen molar-refractivity contribution in [2.24, 2.45) is 0 Å². The van der Waals surface area contributed by atoms with E-state index in [1.54, 1.807) is 7.69 Å². The molecule has 4 aromatic carbocycles. The molecule has 0 unspecified atom stereocenters. The van der Waals surface area contributed by atoms with Crippen molar-refractivity contribution in [3.8, 4) is 33.4 Å². The Bertz CT molecular complexity index is 1390. The van der Waals surface area contributed by atoms with E-state index in [0.29, 0.717) is 4.22 Å². The molecule has 0 nitrogen and oxygen atoms in total. The maximum Gasteiger partial charge on any atom is -1.00 e. The Hall–Kier alpha value is -2.48. The van der Waals surface area contributed by atoms with E-state index in [2.05, 4.69) is 129 Å². The number of benzene rings is 4. The van der Waals surface area contributed by atoms with Crippen LogP contribution in [0.4, 0.5) is 0 Å². The standard InChI is InChI=1S/C25H17.C5H5.C3H6.2ClH.Ti/c1-3-7-18(8-4-1)20-11-13-22-15-23-14-12-21(17-25(23)24(22)16-20)19-9-5-2-6-10-19;1-2-4-5-3-1;1-3-2;;;/h1-17H;1-3H,4H2;1-2H3;2*1H;/q;;;;;+2/p-2. The van der Waals surface area contributed by atoms with Gasteiger partial charge in [-0.15, -0.1) is 0 Å². The van der Waals surface area contributed by atoms with E-state index in [9.17, 15) is 0 Å². The fourth-order valence-corrected chi connectivity index (χ4v) is 10.8. The molecule has 4 aromatic rings. The molecule has 0 amide bonds. The van der Waals surface area contributed by atoms with Gasteiger partial charge in [-0.25, -0.2) is 0 Å². The Kier molecular flexibility index (Phi) is 8.33. The number of hydrogen-bond donors (Lipinski definition) is 0. The molecule has 0 radical (unpaired) electrons.